The number of ether oxygens (including phenoxy) is 3. The molecule has 0 spiro atoms. The van der Waals surface area contributed by atoms with Crippen molar-refractivity contribution in [3.63, 3.8) is 0 Å². The molecule has 9 nitrogen and oxygen atoms in total. The summed E-state index contributed by atoms with van der Waals surface area (Å²) in [5.74, 6) is -0.611. The van der Waals surface area contributed by atoms with E-state index in [1.807, 2.05) is 30.3 Å². The van der Waals surface area contributed by atoms with Crippen LogP contribution in [-0.4, -0.2) is 48.2 Å². The van der Waals surface area contributed by atoms with Crippen LogP contribution in [0.5, 0.6) is 11.5 Å². The molecule has 1 aromatic heterocycles. The van der Waals surface area contributed by atoms with Crippen molar-refractivity contribution in [3.05, 3.63) is 91.1 Å². The van der Waals surface area contributed by atoms with Crippen LogP contribution in [0.2, 0.25) is 0 Å². The van der Waals surface area contributed by atoms with Crippen LogP contribution < -0.4 is 14.8 Å². The van der Waals surface area contributed by atoms with E-state index in [0.717, 1.165) is 68.4 Å². The Bertz CT molecular complexity index is 1710. The predicted octanol–water partition coefficient (Wildman–Crippen LogP) is 7.56. The van der Waals surface area contributed by atoms with Crippen molar-refractivity contribution < 1.29 is 33.4 Å². The highest BCUT2D eigenvalue weighted by atomic mass is 79.9. The van der Waals surface area contributed by atoms with Gasteiger partial charge in [-0.05, 0) is 97.8 Å². The lowest BCUT2D eigenvalue weighted by Crippen LogP contribution is -2.36. The molecule has 46 heavy (non-hydrogen) atoms. The number of allylic oxidation sites excluding steroid dienone is 1. The highest BCUT2D eigenvalue weighted by Crippen LogP contribution is 2.40. The Labute approximate surface area is 284 Å². The van der Waals surface area contributed by atoms with Gasteiger partial charge in [0, 0.05) is 14.9 Å². The summed E-state index contributed by atoms with van der Waals surface area (Å²) in [5.41, 5.74) is 3.69. The maximum atomic E-state index is 13.3. The van der Waals surface area contributed by atoms with Crippen LogP contribution in [0.4, 0.5) is 9.80 Å². The van der Waals surface area contributed by atoms with Crippen molar-refractivity contribution >= 4 is 73.1 Å². The van der Waals surface area contributed by atoms with Gasteiger partial charge in [0.25, 0.3) is 11.1 Å². The van der Waals surface area contributed by atoms with Crippen LogP contribution in [0.3, 0.4) is 0 Å². The van der Waals surface area contributed by atoms with Crippen LogP contribution in [0.1, 0.15) is 57.3 Å². The molecule has 2 aliphatic rings. The molecule has 1 aliphatic carbocycles. The van der Waals surface area contributed by atoms with Gasteiger partial charge >= 0.3 is 5.97 Å². The number of imide groups is 1. The van der Waals surface area contributed by atoms with Crippen LogP contribution in [0.25, 0.3) is 6.08 Å². The van der Waals surface area contributed by atoms with Crippen molar-refractivity contribution in [2.45, 2.75) is 45.6 Å². The SMILES string of the molecule is C=CCc1cc(/C=C2/SC(=O)N(CC(=O)Nc3sc4c(c3C(=O)OCC)CCCC4)C2=O)cc(OC)c1OCc1ccc(Br)cc1. The lowest BCUT2D eigenvalue weighted by atomic mass is 9.95. The average Bonchev–Trinajstić information content (AvgIpc) is 3.52. The summed E-state index contributed by atoms with van der Waals surface area (Å²) >= 11 is 5.54. The minimum atomic E-state index is -0.582. The largest absolute Gasteiger partial charge is 0.493 e. The number of amides is 3. The van der Waals surface area contributed by atoms with Gasteiger partial charge in [-0.2, -0.15) is 0 Å². The van der Waals surface area contributed by atoms with Gasteiger partial charge in [0.1, 0.15) is 18.2 Å². The molecule has 0 radical (unpaired) electrons. The summed E-state index contributed by atoms with van der Waals surface area (Å²) in [4.78, 5) is 54.2. The Hall–Kier alpha value is -3.87. The third kappa shape index (κ3) is 7.56. The molecule has 5 rings (SSSR count). The van der Waals surface area contributed by atoms with E-state index in [9.17, 15) is 19.2 Å². The molecule has 0 atom stereocenters. The number of halogens is 1. The van der Waals surface area contributed by atoms with Gasteiger partial charge in [0.2, 0.25) is 5.91 Å². The zero-order chi connectivity index (χ0) is 32.8. The van der Waals surface area contributed by atoms with E-state index < -0.39 is 29.6 Å². The number of hydrogen-bond donors (Lipinski definition) is 1. The number of rotatable bonds is 12. The summed E-state index contributed by atoms with van der Waals surface area (Å²) < 4.78 is 18.0. The average molecular weight is 726 g/mol. The first-order chi connectivity index (χ1) is 22.2. The van der Waals surface area contributed by atoms with Crippen molar-refractivity contribution in [3.8, 4) is 11.5 Å². The lowest BCUT2D eigenvalue weighted by Gasteiger charge is -2.16. The molecule has 2 aromatic carbocycles. The van der Waals surface area contributed by atoms with Crippen molar-refractivity contribution in [2.75, 3.05) is 25.6 Å². The molecule has 240 valence electrons. The summed E-state index contributed by atoms with van der Waals surface area (Å²) in [6.07, 6.45) is 7.35. The molecule has 3 aromatic rings. The lowest BCUT2D eigenvalue weighted by molar-refractivity contribution is -0.127. The smallest absolute Gasteiger partial charge is 0.341 e. The fourth-order valence-electron chi connectivity index (χ4n) is 5.30. The second-order valence-corrected chi connectivity index (χ2v) is 13.6. The van der Waals surface area contributed by atoms with Gasteiger partial charge in [-0.25, -0.2) is 4.79 Å². The second kappa shape index (κ2) is 15.1. The predicted molar refractivity (Wildman–Crippen MR) is 184 cm³/mol. The van der Waals surface area contributed by atoms with Crippen LogP contribution in [0.15, 0.2) is 58.4 Å². The van der Waals surface area contributed by atoms with Gasteiger partial charge in [0.05, 0.1) is 24.2 Å². The third-order valence-electron chi connectivity index (χ3n) is 7.41. The number of carbonyl (C=O) groups excluding carboxylic acids is 4. The highest BCUT2D eigenvalue weighted by Gasteiger charge is 2.37. The number of hydrogen-bond acceptors (Lipinski definition) is 9. The Morgan fingerprint density at radius 3 is 2.61 bits per heavy atom. The van der Waals surface area contributed by atoms with E-state index in [-0.39, 0.29) is 11.5 Å². The van der Waals surface area contributed by atoms with Crippen molar-refractivity contribution in [1.82, 2.24) is 4.90 Å². The highest BCUT2D eigenvalue weighted by molar-refractivity contribution is 9.10. The Kier molecular flexibility index (Phi) is 11.0. The van der Waals surface area contributed by atoms with Gasteiger partial charge in [-0.15, -0.1) is 17.9 Å². The van der Waals surface area contributed by atoms with E-state index in [4.69, 9.17) is 14.2 Å². The maximum absolute atomic E-state index is 13.3. The summed E-state index contributed by atoms with van der Waals surface area (Å²) in [6, 6.07) is 11.4. The quantitative estimate of drug-likeness (QED) is 0.116. The summed E-state index contributed by atoms with van der Waals surface area (Å²) in [6.45, 7) is 5.63. The van der Waals surface area contributed by atoms with E-state index in [1.54, 1.807) is 25.1 Å². The number of thiophene rings is 1. The fourth-order valence-corrected chi connectivity index (χ4v) is 7.69. The number of methoxy groups -OCH3 is 1. The Balaban J connectivity index is 1.32. The van der Waals surface area contributed by atoms with E-state index in [2.05, 4.69) is 27.8 Å². The molecule has 1 fully saturated rings. The number of benzene rings is 2. The van der Waals surface area contributed by atoms with Crippen molar-refractivity contribution in [1.29, 1.82) is 0 Å². The molecular formula is C34H33BrN2O7S2. The Morgan fingerprint density at radius 1 is 1.13 bits per heavy atom. The third-order valence-corrected chi connectivity index (χ3v) is 10.1. The molecule has 3 amide bonds. The van der Waals surface area contributed by atoms with E-state index in [0.29, 0.717) is 40.7 Å². The standard InChI is InChI=1S/C34H33BrN2O7S2/c1-4-8-22-15-21(16-25(42-3)30(22)44-19-20-11-13-23(35)14-12-20)17-27-32(39)37(34(41)46-27)18-28(38)36-31-29(33(40)43-5-2)24-9-6-7-10-26(24)45-31/h4,11-17H,1,5-10,18-19H2,2-3H3,(H,36,38)/b27-17+. The Morgan fingerprint density at radius 2 is 1.89 bits per heavy atom. The van der Waals surface area contributed by atoms with Gasteiger partial charge < -0.3 is 19.5 Å². The minimum absolute atomic E-state index is 0.173. The molecule has 1 N–H and O–H groups in total. The monoisotopic (exact) mass is 724 g/mol. The number of nitrogens with zero attached hydrogens (tertiary/aromatic N) is 1. The van der Waals surface area contributed by atoms with Crippen LogP contribution >= 0.6 is 39.0 Å². The maximum Gasteiger partial charge on any atom is 0.341 e. The van der Waals surface area contributed by atoms with Gasteiger partial charge in [0.15, 0.2) is 11.5 Å². The number of esters is 1. The zero-order valence-electron chi connectivity index (χ0n) is 25.5. The second-order valence-electron chi connectivity index (χ2n) is 10.6. The minimum Gasteiger partial charge on any atom is -0.493 e. The molecule has 0 saturated carbocycles. The molecule has 1 saturated heterocycles. The molecule has 0 bridgehead atoms. The molecule has 2 heterocycles. The van der Waals surface area contributed by atoms with Gasteiger partial charge in [-0.1, -0.05) is 34.1 Å². The number of fused-ring (bicyclic) bond motifs is 1. The number of carbonyl (C=O) groups is 4. The molecule has 1 aliphatic heterocycles. The molecule has 0 unspecified atom stereocenters. The first-order valence-corrected chi connectivity index (χ1v) is 17.2. The molecule has 12 heteroatoms. The summed E-state index contributed by atoms with van der Waals surface area (Å²) in [5, 5.41) is 2.60. The van der Waals surface area contributed by atoms with E-state index in [1.165, 1.54) is 18.4 Å². The normalized spacial score (nSPS) is 15.1. The van der Waals surface area contributed by atoms with Gasteiger partial charge in [-0.3, -0.25) is 19.3 Å². The number of thioether (sulfide) groups is 1. The first kappa shape index (κ1) is 33.5. The number of nitrogens with one attached hydrogen (secondary N) is 1. The fraction of sp³-hybridized carbons (Fsp3) is 0.294. The molecular weight excluding hydrogens is 692 g/mol. The first-order valence-electron chi connectivity index (χ1n) is 14.8. The zero-order valence-corrected chi connectivity index (χ0v) is 28.7. The summed E-state index contributed by atoms with van der Waals surface area (Å²) in [7, 11) is 1.53. The van der Waals surface area contributed by atoms with Crippen molar-refractivity contribution in [2.24, 2.45) is 0 Å². The number of aryl methyl sites for hydroxylation is 1. The van der Waals surface area contributed by atoms with Crippen LogP contribution in [-0.2, 0) is 40.2 Å². The number of anilines is 1. The van der Waals surface area contributed by atoms with Crippen LogP contribution in [0, 0.1) is 0 Å². The van der Waals surface area contributed by atoms with E-state index >= 15 is 0 Å². The topological polar surface area (TPSA) is 111 Å².